The molecule has 4 aromatic rings. The maximum absolute atomic E-state index is 11.7. The average Bonchev–Trinajstić information content (AvgIpc) is 3.38. The number of anilines is 1. The molecule has 0 fully saturated rings. The van der Waals surface area contributed by atoms with E-state index in [-0.39, 0.29) is 27.9 Å². The molecule has 14 heteroatoms. The molecule has 0 aliphatic rings. The second-order valence-corrected chi connectivity index (χ2v) is 9.51. The predicted octanol–water partition coefficient (Wildman–Crippen LogP) is 3.29. The van der Waals surface area contributed by atoms with Crippen molar-refractivity contribution in [3.05, 3.63) is 29.6 Å². The van der Waals surface area contributed by atoms with Crippen molar-refractivity contribution in [2.45, 2.75) is 31.6 Å². The number of H-pyrrole nitrogens is 1. The number of hydrogen-bond donors (Lipinski definition) is 3. The van der Waals surface area contributed by atoms with Crippen LogP contribution in [0, 0.1) is 11.3 Å². The number of primary sulfonamides is 1. The molecule has 12 nitrogen and oxygen atoms in total. The van der Waals surface area contributed by atoms with Crippen LogP contribution in [-0.2, 0) is 14.8 Å². The molecule has 1 amide bonds. The van der Waals surface area contributed by atoms with Gasteiger partial charge in [0.1, 0.15) is 23.1 Å². The first kappa shape index (κ1) is 21.6. The lowest BCUT2D eigenvalue weighted by molar-refractivity contribution is -0.114. The Labute approximate surface area is 186 Å². The van der Waals surface area contributed by atoms with Gasteiger partial charge in [0.05, 0.1) is 10.4 Å². The van der Waals surface area contributed by atoms with Crippen molar-refractivity contribution in [2.75, 3.05) is 5.32 Å². The first-order valence-electron chi connectivity index (χ1n) is 9.26. The van der Waals surface area contributed by atoms with Crippen LogP contribution in [0.25, 0.3) is 16.6 Å². The van der Waals surface area contributed by atoms with E-state index in [9.17, 15) is 18.5 Å². The Morgan fingerprint density at radius 3 is 2.75 bits per heavy atom. The van der Waals surface area contributed by atoms with E-state index in [1.54, 1.807) is 0 Å². The molecule has 0 bridgehead atoms. The average molecular weight is 472 g/mol. The van der Waals surface area contributed by atoms with Crippen LogP contribution in [0.4, 0.5) is 16.5 Å². The minimum Gasteiger partial charge on any atom is -0.322 e. The molecule has 0 unspecified atom stereocenters. The topological polar surface area (TPSA) is 184 Å². The van der Waals surface area contributed by atoms with E-state index >= 15 is 0 Å². The summed E-state index contributed by atoms with van der Waals surface area (Å²) >= 11 is 1.02. The summed E-state index contributed by atoms with van der Waals surface area (Å²) < 4.78 is 29.1. The molecular formula is C18H17N9O3S2. The minimum atomic E-state index is -3.91. The van der Waals surface area contributed by atoms with Gasteiger partial charge in [-0.3, -0.25) is 9.89 Å². The molecule has 0 saturated carbocycles. The quantitative estimate of drug-likeness (QED) is 0.375. The van der Waals surface area contributed by atoms with Gasteiger partial charge in [-0.25, -0.2) is 23.1 Å². The monoisotopic (exact) mass is 471 g/mol. The number of amides is 1. The smallest absolute Gasteiger partial charge is 0.238 e. The lowest BCUT2D eigenvalue weighted by Gasteiger charge is -2.02. The van der Waals surface area contributed by atoms with E-state index in [0.717, 1.165) is 11.5 Å². The Morgan fingerprint density at radius 2 is 2.12 bits per heavy atom. The zero-order valence-corrected chi connectivity index (χ0v) is 18.7. The molecular weight excluding hydrogens is 454 g/mol. The highest BCUT2D eigenvalue weighted by Crippen LogP contribution is 2.38. The third kappa shape index (κ3) is 3.73. The van der Waals surface area contributed by atoms with Crippen LogP contribution in [0.2, 0.25) is 0 Å². The number of aromatic amines is 1. The molecule has 3 heterocycles. The van der Waals surface area contributed by atoms with Crippen molar-refractivity contribution in [3.8, 4) is 6.07 Å². The lowest BCUT2D eigenvalue weighted by Crippen LogP contribution is -2.11. The second kappa shape index (κ2) is 7.79. The fourth-order valence-corrected chi connectivity index (χ4v) is 4.24. The van der Waals surface area contributed by atoms with Crippen LogP contribution in [0.3, 0.4) is 0 Å². The van der Waals surface area contributed by atoms with E-state index < -0.39 is 15.9 Å². The van der Waals surface area contributed by atoms with Gasteiger partial charge < -0.3 is 5.32 Å². The summed E-state index contributed by atoms with van der Waals surface area (Å²) in [6.45, 7) is 5.19. The first-order chi connectivity index (χ1) is 15.1. The summed E-state index contributed by atoms with van der Waals surface area (Å²) in [5.74, 6) is 0.451. The van der Waals surface area contributed by atoms with E-state index in [1.165, 1.54) is 29.6 Å². The van der Waals surface area contributed by atoms with Crippen LogP contribution in [-0.4, -0.2) is 33.3 Å². The molecule has 0 aliphatic heterocycles. The Hall–Kier alpha value is -3.67. The molecule has 4 N–H and O–H groups in total. The number of rotatable bonds is 5. The molecule has 0 atom stereocenters. The molecule has 0 spiro atoms. The number of nitriles is 1. The maximum atomic E-state index is 11.7. The van der Waals surface area contributed by atoms with Gasteiger partial charge in [0.15, 0.2) is 10.6 Å². The zero-order valence-electron chi connectivity index (χ0n) is 17.1. The summed E-state index contributed by atoms with van der Waals surface area (Å²) in [7, 11) is -3.91. The van der Waals surface area contributed by atoms with E-state index in [4.69, 9.17) is 5.14 Å². The summed E-state index contributed by atoms with van der Waals surface area (Å²) in [6.07, 6.45) is 0. The molecule has 4 rings (SSSR count). The van der Waals surface area contributed by atoms with Gasteiger partial charge in [-0.2, -0.15) is 9.64 Å². The van der Waals surface area contributed by atoms with Crippen molar-refractivity contribution in [1.82, 2.24) is 19.0 Å². The molecule has 32 heavy (non-hydrogen) atoms. The van der Waals surface area contributed by atoms with Gasteiger partial charge in [0, 0.05) is 18.2 Å². The Morgan fingerprint density at radius 1 is 1.38 bits per heavy atom. The van der Waals surface area contributed by atoms with Gasteiger partial charge in [-0.1, -0.05) is 13.8 Å². The van der Waals surface area contributed by atoms with Gasteiger partial charge >= 0.3 is 0 Å². The number of nitrogens with two attached hydrogens (primary N) is 1. The highest BCUT2D eigenvalue weighted by molar-refractivity contribution is 7.89. The molecule has 0 aliphatic carbocycles. The largest absolute Gasteiger partial charge is 0.322 e. The molecule has 3 aromatic heterocycles. The number of sulfonamides is 1. The minimum absolute atomic E-state index is 0.0533. The summed E-state index contributed by atoms with van der Waals surface area (Å²) in [5, 5.41) is 29.8. The maximum Gasteiger partial charge on any atom is 0.238 e. The number of fused-ring (bicyclic) bond motifs is 2. The molecule has 1 aromatic carbocycles. The number of nitrogens with one attached hydrogen (secondary N) is 2. The van der Waals surface area contributed by atoms with E-state index in [1.807, 2.05) is 13.8 Å². The SMILES string of the molecule is CC(=O)Nc1c(C#N)c2nc(C(C)C)[nH]n2c1N=Nc1snc2ccc(S(N)(=O)=O)cc12. The zero-order chi connectivity index (χ0) is 23.2. The summed E-state index contributed by atoms with van der Waals surface area (Å²) in [4.78, 5) is 16.1. The number of benzene rings is 1. The van der Waals surface area contributed by atoms with Crippen molar-refractivity contribution < 1.29 is 13.2 Å². The van der Waals surface area contributed by atoms with Gasteiger partial charge in [0.2, 0.25) is 21.7 Å². The summed E-state index contributed by atoms with van der Waals surface area (Å²) in [6, 6.07) is 6.32. The Kier molecular flexibility index (Phi) is 5.25. The standard InChI is InChI=1S/C18H17N9O3S2/c1-8(2)15-22-16-12(7-19)14(21-9(3)28)17(27(16)25-15)23-24-18-11-6-10(32(20,29)30)4-5-13(11)26-31-18/h4-6,8H,1-3H3,(H,21,28)(H,22,25)(H2,20,29,30). The number of nitrogens with zero attached hydrogens (tertiary/aromatic N) is 6. The van der Waals surface area contributed by atoms with Crippen LogP contribution in [0.1, 0.15) is 38.1 Å². The molecule has 0 saturated heterocycles. The van der Waals surface area contributed by atoms with Crippen LogP contribution in [0.5, 0.6) is 0 Å². The molecule has 0 radical (unpaired) electrons. The third-order valence-electron chi connectivity index (χ3n) is 4.53. The number of carbonyl (C=O) groups excluding carboxylic acids is 1. The van der Waals surface area contributed by atoms with Crippen molar-refractivity contribution in [3.63, 3.8) is 0 Å². The van der Waals surface area contributed by atoms with E-state index in [2.05, 4.69) is 36.1 Å². The second-order valence-electron chi connectivity index (χ2n) is 7.20. The van der Waals surface area contributed by atoms with Gasteiger partial charge in [0.25, 0.3) is 0 Å². The third-order valence-corrected chi connectivity index (χ3v) is 6.20. The molecule has 164 valence electrons. The van der Waals surface area contributed by atoms with Crippen molar-refractivity contribution in [1.29, 1.82) is 5.26 Å². The van der Waals surface area contributed by atoms with Crippen molar-refractivity contribution >= 4 is 60.5 Å². The Bertz CT molecular complexity index is 1550. The first-order valence-corrected chi connectivity index (χ1v) is 11.6. The number of carbonyl (C=O) groups is 1. The number of hydrogen-bond acceptors (Lipinski definition) is 9. The van der Waals surface area contributed by atoms with Crippen LogP contribution >= 0.6 is 11.5 Å². The normalized spacial score (nSPS) is 12.2. The van der Waals surface area contributed by atoms with Gasteiger partial charge in [-0.15, -0.1) is 10.2 Å². The number of aromatic nitrogens is 4. The fraction of sp³-hybridized carbons (Fsp3) is 0.222. The van der Waals surface area contributed by atoms with E-state index in [0.29, 0.717) is 27.4 Å². The van der Waals surface area contributed by atoms with Crippen LogP contribution in [0.15, 0.2) is 33.3 Å². The predicted molar refractivity (Wildman–Crippen MR) is 118 cm³/mol. The van der Waals surface area contributed by atoms with Crippen LogP contribution < -0.4 is 10.5 Å². The number of azo groups is 1. The lowest BCUT2D eigenvalue weighted by atomic mass is 10.2. The van der Waals surface area contributed by atoms with Gasteiger partial charge in [-0.05, 0) is 29.7 Å². The highest BCUT2D eigenvalue weighted by Gasteiger charge is 2.24. The van der Waals surface area contributed by atoms with Crippen molar-refractivity contribution in [2.24, 2.45) is 15.4 Å². The summed E-state index contributed by atoms with van der Waals surface area (Å²) in [5.41, 5.74) is 1.14. The Balaban J connectivity index is 1.90. The fourth-order valence-electron chi connectivity index (χ4n) is 3.02. The highest BCUT2D eigenvalue weighted by atomic mass is 32.2.